The van der Waals surface area contributed by atoms with E-state index in [9.17, 15) is 0 Å². The van der Waals surface area contributed by atoms with E-state index in [1.807, 2.05) is 6.92 Å². The topological polar surface area (TPSA) is 36.9 Å². The van der Waals surface area contributed by atoms with Crippen LogP contribution in [-0.4, -0.2) is 32.9 Å². The molecule has 31 heavy (non-hydrogen) atoms. The Morgan fingerprint density at radius 3 is 1.74 bits per heavy atom. The summed E-state index contributed by atoms with van der Waals surface area (Å²) in [5.41, 5.74) is 0. The molecule has 0 aliphatic heterocycles. The molecule has 0 spiro atoms. The highest BCUT2D eigenvalue weighted by Gasteiger charge is 2.09. The Morgan fingerprint density at radius 2 is 1.16 bits per heavy atom. The van der Waals surface area contributed by atoms with Crippen molar-refractivity contribution in [3.63, 3.8) is 0 Å². The highest BCUT2D eigenvalue weighted by atomic mass is 16.7. The van der Waals surface area contributed by atoms with E-state index in [1.54, 1.807) is 6.26 Å². The molecule has 0 fully saturated rings. The number of hydrogen-bond acceptors (Lipinski definition) is 4. The lowest BCUT2D eigenvalue weighted by Gasteiger charge is -2.19. The normalized spacial score (nSPS) is 11.7. The van der Waals surface area contributed by atoms with Crippen molar-refractivity contribution in [2.24, 2.45) is 0 Å². The zero-order chi connectivity index (χ0) is 22.7. The first-order valence-electron chi connectivity index (χ1n) is 13.4. The fraction of sp³-hybridized carbons (Fsp3) is 0.926. The second kappa shape index (κ2) is 27.5. The molecule has 0 saturated heterocycles. The van der Waals surface area contributed by atoms with E-state index in [4.69, 9.17) is 18.9 Å². The minimum atomic E-state index is 0.0139. The van der Waals surface area contributed by atoms with Crippen LogP contribution in [0.2, 0.25) is 0 Å². The molecule has 4 heteroatoms. The van der Waals surface area contributed by atoms with Crippen LogP contribution in [0, 0.1) is 0 Å². The molecule has 0 bridgehead atoms. The van der Waals surface area contributed by atoms with Crippen LogP contribution in [0.5, 0.6) is 0 Å². The average Bonchev–Trinajstić information content (AvgIpc) is 2.78. The summed E-state index contributed by atoms with van der Waals surface area (Å²) in [6.07, 6.45) is 25.1. The largest absolute Gasteiger partial charge is 0.475 e. The molecule has 0 aromatic heterocycles. The standard InChI is InChI=1S/C27H54O4/c1-4-7-9-20-24-30-27(31-25-21-10-8-5-2)22-18-16-14-12-11-13-15-17-19-23-29-26-28-6-3/h19,23,27H,4-18,20-22,24-26H2,1-3H3. The lowest BCUT2D eigenvalue weighted by molar-refractivity contribution is -0.148. The summed E-state index contributed by atoms with van der Waals surface area (Å²) in [5.74, 6) is 0. The monoisotopic (exact) mass is 442 g/mol. The van der Waals surface area contributed by atoms with Gasteiger partial charge in [0.2, 0.25) is 0 Å². The number of ether oxygens (including phenoxy) is 4. The van der Waals surface area contributed by atoms with Crippen molar-refractivity contribution >= 4 is 0 Å². The van der Waals surface area contributed by atoms with Gasteiger partial charge in [-0.25, -0.2) is 0 Å². The zero-order valence-corrected chi connectivity index (χ0v) is 21.2. The third-order valence-electron chi connectivity index (χ3n) is 5.46. The fourth-order valence-electron chi connectivity index (χ4n) is 3.47. The van der Waals surface area contributed by atoms with Crippen LogP contribution in [0.25, 0.3) is 0 Å². The van der Waals surface area contributed by atoms with Gasteiger partial charge in [0.05, 0.1) is 6.26 Å². The SMILES string of the molecule is CCCCCCOC(CCCCCCCCCC=COCOCC)OCCCCCC. The van der Waals surface area contributed by atoms with Gasteiger partial charge in [-0.1, -0.05) is 84.5 Å². The number of allylic oxidation sites excluding steroid dienone is 1. The number of hydrogen-bond donors (Lipinski definition) is 0. The van der Waals surface area contributed by atoms with Crippen molar-refractivity contribution < 1.29 is 18.9 Å². The summed E-state index contributed by atoms with van der Waals surface area (Å²) in [6, 6.07) is 0. The number of unbranched alkanes of at least 4 members (excludes halogenated alkanes) is 13. The van der Waals surface area contributed by atoms with Gasteiger partial charge in [0.25, 0.3) is 0 Å². The van der Waals surface area contributed by atoms with Gasteiger partial charge in [0.1, 0.15) is 0 Å². The first-order chi connectivity index (χ1) is 15.3. The van der Waals surface area contributed by atoms with Gasteiger partial charge in [-0.3, -0.25) is 0 Å². The third kappa shape index (κ3) is 25.6. The van der Waals surface area contributed by atoms with Gasteiger partial charge in [-0.15, -0.1) is 0 Å². The van der Waals surface area contributed by atoms with Crippen molar-refractivity contribution in [3.05, 3.63) is 12.3 Å². The molecule has 0 amide bonds. The zero-order valence-electron chi connectivity index (χ0n) is 21.2. The molecule has 0 unspecified atom stereocenters. The summed E-state index contributed by atoms with van der Waals surface area (Å²) >= 11 is 0. The van der Waals surface area contributed by atoms with E-state index in [1.165, 1.54) is 83.5 Å². The minimum Gasteiger partial charge on any atom is -0.475 e. The number of rotatable bonds is 26. The Hall–Kier alpha value is -0.580. The first-order valence-corrected chi connectivity index (χ1v) is 13.4. The van der Waals surface area contributed by atoms with Gasteiger partial charge in [-0.2, -0.15) is 0 Å². The molecule has 0 atom stereocenters. The predicted molar refractivity (Wildman–Crippen MR) is 132 cm³/mol. The van der Waals surface area contributed by atoms with Crippen LogP contribution in [0.1, 0.15) is 130 Å². The Bertz CT molecular complexity index is 332. The predicted octanol–water partition coefficient (Wildman–Crippen LogP) is 8.54. The van der Waals surface area contributed by atoms with Gasteiger partial charge in [-0.05, 0) is 51.5 Å². The molecule has 0 aliphatic rings. The van der Waals surface area contributed by atoms with Crippen LogP contribution >= 0.6 is 0 Å². The quantitative estimate of drug-likeness (QED) is 0.0764. The molecule has 0 N–H and O–H groups in total. The maximum atomic E-state index is 6.06. The van der Waals surface area contributed by atoms with E-state index >= 15 is 0 Å². The molecule has 0 radical (unpaired) electrons. The van der Waals surface area contributed by atoms with Gasteiger partial charge >= 0.3 is 0 Å². The fourth-order valence-corrected chi connectivity index (χ4v) is 3.47. The maximum absolute atomic E-state index is 6.06. The van der Waals surface area contributed by atoms with Gasteiger partial charge in [0, 0.05) is 19.8 Å². The first kappa shape index (κ1) is 30.4. The smallest absolute Gasteiger partial charge is 0.188 e. The van der Waals surface area contributed by atoms with Crippen molar-refractivity contribution in [1.29, 1.82) is 0 Å². The van der Waals surface area contributed by atoms with E-state index in [0.29, 0.717) is 13.4 Å². The summed E-state index contributed by atoms with van der Waals surface area (Å²) in [4.78, 5) is 0. The summed E-state index contributed by atoms with van der Waals surface area (Å²) in [7, 11) is 0. The van der Waals surface area contributed by atoms with Crippen LogP contribution in [-0.2, 0) is 18.9 Å². The third-order valence-corrected chi connectivity index (χ3v) is 5.46. The second-order valence-electron chi connectivity index (χ2n) is 8.49. The molecule has 0 rings (SSSR count). The van der Waals surface area contributed by atoms with E-state index in [-0.39, 0.29) is 6.29 Å². The summed E-state index contributed by atoms with van der Waals surface area (Å²) < 4.78 is 22.5. The van der Waals surface area contributed by atoms with Crippen molar-refractivity contribution in [3.8, 4) is 0 Å². The average molecular weight is 443 g/mol. The van der Waals surface area contributed by atoms with Crippen molar-refractivity contribution in [2.75, 3.05) is 26.6 Å². The molecular formula is C27H54O4. The lowest BCUT2D eigenvalue weighted by Crippen LogP contribution is -2.19. The van der Waals surface area contributed by atoms with Gasteiger partial charge in [0.15, 0.2) is 13.1 Å². The highest BCUT2D eigenvalue weighted by Crippen LogP contribution is 2.14. The molecule has 4 nitrogen and oxygen atoms in total. The molecular weight excluding hydrogens is 388 g/mol. The summed E-state index contributed by atoms with van der Waals surface area (Å²) in [6.45, 7) is 9.24. The minimum absolute atomic E-state index is 0.0139. The van der Waals surface area contributed by atoms with Crippen LogP contribution in [0.3, 0.4) is 0 Å². The molecule has 0 aromatic carbocycles. The molecule has 0 aromatic rings. The molecule has 0 saturated carbocycles. The maximum Gasteiger partial charge on any atom is 0.188 e. The Morgan fingerprint density at radius 1 is 0.613 bits per heavy atom. The highest BCUT2D eigenvalue weighted by molar-refractivity contribution is 4.72. The van der Waals surface area contributed by atoms with Crippen LogP contribution < -0.4 is 0 Å². The lowest BCUT2D eigenvalue weighted by atomic mass is 10.1. The van der Waals surface area contributed by atoms with Crippen molar-refractivity contribution in [2.45, 2.75) is 136 Å². The Kier molecular flexibility index (Phi) is 26.9. The van der Waals surface area contributed by atoms with E-state index in [2.05, 4.69) is 19.9 Å². The van der Waals surface area contributed by atoms with Crippen LogP contribution in [0.15, 0.2) is 12.3 Å². The molecule has 0 aliphatic carbocycles. The Labute approximate surface area is 194 Å². The van der Waals surface area contributed by atoms with Crippen molar-refractivity contribution in [1.82, 2.24) is 0 Å². The molecule has 0 heterocycles. The second-order valence-corrected chi connectivity index (χ2v) is 8.49. The van der Waals surface area contributed by atoms with Crippen LogP contribution in [0.4, 0.5) is 0 Å². The van der Waals surface area contributed by atoms with E-state index in [0.717, 1.165) is 38.9 Å². The van der Waals surface area contributed by atoms with E-state index < -0.39 is 0 Å². The molecule has 186 valence electrons. The Balaban J connectivity index is 3.65. The van der Waals surface area contributed by atoms with Gasteiger partial charge < -0.3 is 18.9 Å². The summed E-state index contributed by atoms with van der Waals surface area (Å²) in [5, 5.41) is 0.